The first kappa shape index (κ1) is 16.7. The van der Waals surface area contributed by atoms with E-state index in [1.54, 1.807) is 4.68 Å². The molecule has 0 spiro atoms. The molecular formula is C22H18N4O. The number of nitrogens with zero attached hydrogens (tertiary/aromatic N) is 3. The van der Waals surface area contributed by atoms with Crippen LogP contribution in [0.15, 0.2) is 84.9 Å². The summed E-state index contributed by atoms with van der Waals surface area (Å²) in [6, 6.07) is 27.0. The molecule has 27 heavy (non-hydrogen) atoms. The van der Waals surface area contributed by atoms with Crippen LogP contribution in [-0.2, 0) is 0 Å². The van der Waals surface area contributed by atoms with Crippen molar-refractivity contribution in [3.8, 4) is 17.1 Å². The lowest BCUT2D eigenvalue weighted by molar-refractivity contribution is 0.101. The van der Waals surface area contributed by atoms with Gasteiger partial charge in [-0.3, -0.25) is 4.79 Å². The van der Waals surface area contributed by atoms with Crippen LogP contribution < -0.4 is 5.32 Å². The van der Waals surface area contributed by atoms with Crippen LogP contribution in [0.1, 0.15) is 16.2 Å². The molecule has 3 aromatic carbocycles. The van der Waals surface area contributed by atoms with Crippen molar-refractivity contribution in [2.24, 2.45) is 0 Å². The van der Waals surface area contributed by atoms with Crippen molar-refractivity contribution in [2.75, 3.05) is 5.32 Å². The quantitative estimate of drug-likeness (QED) is 0.587. The number of para-hydroxylation sites is 2. The lowest BCUT2D eigenvalue weighted by atomic mass is 10.2. The normalized spacial score (nSPS) is 10.6. The number of amides is 1. The number of benzene rings is 3. The van der Waals surface area contributed by atoms with Gasteiger partial charge in [-0.25, -0.2) is 9.67 Å². The molecule has 1 heterocycles. The molecule has 1 N–H and O–H groups in total. The largest absolute Gasteiger partial charge is 0.319 e. The minimum absolute atomic E-state index is 0.126. The molecule has 1 aromatic heterocycles. The zero-order valence-electron chi connectivity index (χ0n) is 14.8. The summed E-state index contributed by atoms with van der Waals surface area (Å²) < 4.78 is 1.70. The third-order valence-corrected chi connectivity index (χ3v) is 4.24. The number of hydrogen-bond acceptors (Lipinski definition) is 3. The first-order chi connectivity index (χ1) is 13.2. The van der Waals surface area contributed by atoms with Gasteiger partial charge in [0.1, 0.15) is 0 Å². The molecule has 132 valence electrons. The van der Waals surface area contributed by atoms with Gasteiger partial charge in [0.25, 0.3) is 5.91 Å². The second kappa shape index (κ2) is 7.25. The van der Waals surface area contributed by atoms with Gasteiger partial charge in [-0.15, -0.1) is 5.10 Å². The molecule has 0 atom stereocenters. The van der Waals surface area contributed by atoms with Crippen molar-refractivity contribution in [2.45, 2.75) is 6.92 Å². The first-order valence-electron chi connectivity index (χ1n) is 8.67. The smallest absolute Gasteiger partial charge is 0.295 e. The molecule has 4 aromatic rings. The number of carbonyl (C=O) groups excluding carboxylic acids is 1. The van der Waals surface area contributed by atoms with Crippen LogP contribution in [0.3, 0.4) is 0 Å². The summed E-state index contributed by atoms with van der Waals surface area (Å²) in [5.41, 5.74) is 3.47. The van der Waals surface area contributed by atoms with Crippen LogP contribution in [0, 0.1) is 6.92 Å². The van der Waals surface area contributed by atoms with Crippen molar-refractivity contribution in [1.82, 2.24) is 14.8 Å². The van der Waals surface area contributed by atoms with Crippen LogP contribution in [0.2, 0.25) is 0 Å². The SMILES string of the molecule is Cc1ccccc1NC(=O)c1nc(-c2ccccc2)n(-c2ccccc2)n1. The van der Waals surface area contributed by atoms with Crippen LogP contribution in [0.4, 0.5) is 5.69 Å². The number of rotatable bonds is 4. The van der Waals surface area contributed by atoms with E-state index in [1.165, 1.54) is 0 Å². The third-order valence-electron chi connectivity index (χ3n) is 4.24. The van der Waals surface area contributed by atoms with Gasteiger partial charge in [-0.1, -0.05) is 66.7 Å². The monoisotopic (exact) mass is 354 g/mol. The Morgan fingerprint density at radius 1 is 0.852 bits per heavy atom. The Bertz CT molecular complexity index is 1010. The minimum atomic E-state index is -0.337. The van der Waals surface area contributed by atoms with E-state index in [1.807, 2.05) is 91.9 Å². The van der Waals surface area contributed by atoms with Crippen LogP contribution >= 0.6 is 0 Å². The third kappa shape index (κ3) is 3.48. The maximum Gasteiger partial charge on any atom is 0.295 e. The van der Waals surface area contributed by atoms with Crippen LogP contribution in [0.5, 0.6) is 0 Å². The molecule has 0 radical (unpaired) electrons. The average molecular weight is 354 g/mol. The highest BCUT2D eigenvalue weighted by molar-refractivity contribution is 6.02. The molecule has 0 saturated carbocycles. The maximum absolute atomic E-state index is 12.7. The van der Waals surface area contributed by atoms with E-state index >= 15 is 0 Å². The summed E-state index contributed by atoms with van der Waals surface area (Å²) in [6.07, 6.45) is 0. The van der Waals surface area contributed by atoms with Crippen LogP contribution in [-0.4, -0.2) is 20.7 Å². The summed E-state index contributed by atoms with van der Waals surface area (Å²) in [4.78, 5) is 17.3. The fraction of sp³-hybridized carbons (Fsp3) is 0.0455. The summed E-state index contributed by atoms with van der Waals surface area (Å²) in [6.45, 7) is 1.95. The number of hydrogen-bond donors (Lipinski definition) is 1. The maximum atomic E-state index is 12.7. The van der Waals surface area contributed by atoms with Gasteiger partial charge < -0.3 is 5.32 Å². The van der Waals surface area contributed by atoms with Crippen molar-refractivity contribution in [1.29, 1.82) is 0 Å². The Labute approximate surface area is 157 Å². The fourth-order valence-corrected chi connectivity index (χ4v) is 2.82. The van der Waals surface area contributed by atoms with E-state index in [-0.39, 0.29) is 11.7 Å². The number of aryl methyl sites for hydroxylation is 1. The first-order valence-corrected chi connectivity index (χ1v) is 8.67. The van der Waals surface area contributed by atoms with Gasteiger partial charge in [-0.05, 0) is 30.7 Å². The van der Waals surface area contributed by atoms with Crippen molar-refractivity contribution in [3.63, 3.8) is 0 Å². The van der Waals surface area contributed by atoms with Gasteiger partial charge in [0.2, 0.25) is 5.82 Å². The Morgan fingerprint density at radius 2 is 1.48 bits per heavy atom. The summed E-state index contributed by atoms with van der Waals surface area (Å²) in [5, 5.41) is 7.37. The van der Waals surface area contributed by atoms with E-state index in [0.717, 1.165) is 22.5 Å². The lowest BCUT2D eigenvalue weighted by Gasteiger charge is -2.05. The highest BCUT2D eigenvalue weighted by Crippen LogP contribution is 2.21. The Balaban J connectivity index is 1.75. The molecule has 0 unspecified atom stereocenters. The van der Waals surface area contributed by atoms with E-state index in [0.29, 0.717) is 5.82 Å². The van der Waals surface area contributed by atoms with Gasteiger partial charge in [-0.2, -0.15) is 0 Å². The molecule has 0 aliphatic rings. The zero-order chi connectivity index (χ0) is 18.6. The molecule has 1 amide bonds. The second-order valence-corrected chi connectivity index (χ2v) is 6.14. The minimum Gasteiger partial charge on any atom is -0.319 e. The highest BCUT2D eigenvalue weighted by atomic mass is 16.2. The fourth-order valence-electron chi connectivity index (χ4n) is 2.82. The second-order valence-electron chi connectivity index (χ2n) is 6.14. The average Bonchev–Trinajstić information content (AvgIpc) is 3.17. The number of carbonyl (C=O) groups is 1. The molecular weight excluding hydrogens is 336 g/mol. The topological polar surface area (TPSA) is 59.8 Å². The zero-order valence-corrected chi connectivity index (χ0v) is 14.8. The Kier molecular flexibility index (Phi) is 4.49. The standard InChI is InChI=1S/C22H18N4O/c1-16-10-8-9-15-19(16)23-22(27)20-24-21(17-11-4-2-5-12-17)26(25-20)18-13-6-3-7-14-18/h2-15H,1H3,(H,23,27). The van der Waals surface area contributed by atoms with Crippen LogP contribution in [0.25, 0.3) is 17.1 Å². The molecule has 4 rings (SSSR count). The highest BCUT2D eigenvalue weighted by Gasteiger charge is 2.19. The molecule has 0 aliphatic heterocycles. The van der Waals surface area contributed by atoms with Gasteiger partial charge >= 0.3 is 0 Å². The van der Waals surface area contributed by atoms with E-state index in [2.05, 4.69) is 15.4 Å². The number of aromatic nitrogens is 3. The summed E-state index contributed by atoms with van der Waals surface area (Å²) in [5.74, 6) is 0.411. The molecule has 0 saturated heterocycles. The molecule has 0 fully saturated rings. The van der Waals surface area contributed by atoms with Gasteiger partial charge in [0.15, 0.2) is 5.82 Å². The predicted molar refractivity (Wildman–Crippen MR) is 106 cm³/mol. The van der Waals surface area contributed by atoms with Gasteiger partial charge in [0, 0.05) is 11.3 Å². The summed E-state index contributed by atoms with van der Waals surface area (Å²) in [7, 11) is 0. The number of anilines is 1. The Hall–Kier alpha value is -3.73. The predicted octanol–water partition coefficient (Wildman–Crippen LogP) is 4.50. The molecule has 5 nitrogen and oxygen atoms in total. The molecule has 5 heteroatoms. The van der Waals surface area contributed by atoms with E-state index in [4.69, 9.17) is 0 Å². The molecule has 0 bridgehead atoms. The lowest BCUT2D eigenvalue weighted by Crippen LogP contribution is -2.15. The van der Waals surface area contributed by atoms with Crippen molar-refractivity contribution in [3.05, 3.63) is 96.3 Å². The summed E-state index contributed by atoms with van der Waals surface area (Å²) >= 11 is 0. The van der Waals surface area contributed by atoms with Crippen molar-refractivity contribution >= 4 is 11.6 Å². The van der Waals surface area contributed by atoms with Gasteiger partial charge in [0.05, 0.1) is 5.69 Å². The Morgan fingerprint density at radius 3 is 2.19 bits per heavy atom. The van der Waals surface area contributed by atoms with E-state index < -0.39 is 0 Å². The van der Waals surface area contributed by atoms with E-state index in [9.17, 15) is 4.79 Å². The number of nitrogens with one attached hydrogen (secondary N) is 1. The molecule has 0 aliphatic carbocycles. The van der Waals surface area contributed by atoms with Crippen molar-refractivity contribution < 1.29 is 4.79 Å².